The van der Waals surface area contributed by atoms with E-state index in [-0.39, 0.29) is 23.7 Å². The molecule has 3 unspecified atom stereocenters. The second kappa shape index (κ2) is 6.00. The number of nitro benzene ring substituents is 1. The number of non-ortho nitro benzene ring substituents is 1. The summed E-state index contributed by atoms with van der Waals surface area (Å²) in [4.78, 5) is 22.3. The smallest absolute Gasteiger partial charge is 0.269 e. The highest BCUT2D eigenvalue weighted by atomic mass is 16.6. The van der Waals surface area contributed by atoms with Gasteiger partial charge in [0.25, 0.3) is 11.6 Å². The minimum absolute atomic E-state index is 0.0115. The van der Waals surface area contributed by atoms with Crippen LogP contribution in [0.1, 0.15) is 30.6 Å². The summed E-state index contributed by atoms with van der Waals surface area (Å²) in [6.07, 6.45) is 1.02. The highest BCUT2D eigenvalue weighted by Gasteiger charge is 2.28. The normalized spacial score (nSPS) is 26.0. The predicted molar refractivity (Wildman–Crippen MR) is 75.6 cm³/mol. The molecule has 1 amide bonds. The minimum atomic E-state index is -0.475. The molecule has 0 aromatic heterocycles. The first-order chi connectivity index (χ1) is 9.49. The van der Waals surface area contributed by atoms with Crippen molar-refractivity contribution in [1.29, 1.82) is 0 Å². The van der Waals surface area contributed by atoms with Crippen molar-refractivity contribution in [2.75, 3.05) is 6.54 Å². The lowest BCUT2D eigenvalue weighted by atomic mass is 9.89. The van der Waals surface area contributed by atoms with E-state index in [4.69, 9.17) is 0 Å². The van der Waals surface area contributed by atoms with Gasteiger partial charge in [-0.3, -0.25) is 14.9 Å². The minimum Gasteiger partial charge on any atom is -0.347 e. The summed E-state index contributed by atoms with van der Waals surface area (Å²) in [6.45, 7) is 5.14. The Morgan fingerprint density at radius 1 is 1.35 bits per heavy atom. The number of carbonyl (C=O) groups is 1. The number of carbonyl (C=O) groups excluding carboxylic acids is 1. The van der Waals surface area contributed by atoms with Crippen LogP contribution in [0.15, 0.2) is 24.3 Å². The van der Waals surface area contributed by atoms with Crippen LogP contribution in [0.5, 0.6) is 0 Å². The zero-order valence-electron chi connectivity index (χ0n) is 11.6. The summed E-state index contributed by atoms with van der Waals surface area (Å²) < 4.78 is 0. The van der Waals surface area contributed by atoms with Crippen molar-refractivity contribution >= 4 is 11.6 Å². The third-order valence-corrected chi connectivity index (χ3v) is 3.86. The topological polar surface area (TPSA) is 84.3 Å². The first-order valence-electron chi connectivity index (χ1n) is 6.77. The van der Waals surface area contributed by atoms with Crippen LogP contribution in [0.3, 0.4) is 0 Å². The van der Waals surface area contributed by atoms with Gasteiger partial charge in [-0.1, -0.05) is 6.92 Å². The molecule has 1 aliphatic rings. The summed E-state index contributed by atoms with van der Waals surface area (Å²) in [7, 11) is 0. The average molecular weight is 277 g/mol. The van der Waals surface area contributed by atoms with Crippen molar-refractivity contribution in [3.8, 4) is 0 Å². The van der Waals surface area contributed by atoms with Gasteiger partial charge in [0.1, 0.15) is 0 Å². The number of nitro groups is 1. The van der Waals surface area contributed by atoms with Crippen molar-refractivity contribution < 1.29 is 9.72 Å². The van der Waals surface area contributed by atoms with E-state index in [9.17, 15) is 14.9 Å². The lowest BCUT2D eigenvalue weighted by Gasteiger charge is -2.36. The van der Waals surface area contributed by atoms with Crippen molar-refractivity contribution in [3.63, 3.8) is 0 Å². The molecule has 108 valence electrons. The molecular formula is C14H19N3O3. The van der Waals surface area contributed by atoms with Crippen molar-refractivity contribution in [3.05, 3.63) is 39.9 Å². The molecule has 20 heavy (non-hydrogen) atoms. The summed E-state index contributed by atoms with van der Waals surface area (Å²) >= 11 is 0. The molecule has 0 aliphatic carbocycles. The third-order valence-electron chi connectivity index (χ3n) is 3.86. The molecule has 2 rings (SSSR count). The quantitative estimate of drug-likeness (QED) is 0.650. The number of piperidine rings is 1. The van der Waals surface area contributed by atoms with E-state index in [1.165, 1.54) is 24.3 Å². The van der Waals surface area contributed by atoms with E-state index in [1.54, 1.807) is 0 Å². The summed E-state index contributed by atoms with van der Waals surface area (Å²) in [5.41, 5.74) is 0.434. The molecule has 0 bridgehead atoms. The van der Waals surface area contributed by atoms with Crippen LogP contribution in [0.25, 0.3) is 0 Å². The van der Waals surface area contributed by atoms with Gasteiger partial charge in [-0.05, 0) is 37.9 Å². The highest BCUT2D eigenvalue weighted by Crippen LogP contribution is 2.17. The van der Waals surface area contributed by atoms with Crippen LogP contribution in [0, 0.1) is 16.0 Å². The summed E-state index contributed by atoms with van der Waals surface area (Å²) in [5, 5.41) is 16.9. The number of nitrogens with zero attached hydrogens (tertiary/aromatic N) is 1. The fourth-order valence-electron chi connectivity index (χ4n) is 2.57. The van der Waals surface area contributed by atoms with Crippen LogP contribution >= 0.6 is 0 Å². The van der Waals surface area contributed by atoms with Gasteiger partial charge in [-0.25, -0.2) is 0 Å². The van der Waals surface area contributed by atoms with Crippen molar-refractivity contribution in [2.24, 2.45) is 5.92 Å². The lowest BCUT2D eigenvalue weighted by Crippen LogP contribution is -2.55. The number of benzene rings is 1. The number of rotatable bonds is 3. The third kappa shape index (κ3) is 3.14. The van der Waals surface area contributed by atoms with Gasteiger partial charge < -0.3 is 10.6 Å². The number of hydrogen-bond donors (Lipinski definition) is 2. The summed E-state index contributed by atoms with van der Waals surface area (Å²) in [6, 6.07) is 5.96. The molecule has 0 saturated carbocycles. The van der Waals surface area contributed by atoms with Gasteiger partial charge in [0.05, 0.1) is 4.92 Å². The summed E-state index contributed by atoms with van der Waals surface area (Å²) in [5.74, 6) is 0.223. The Kier molecular flexibility index (Phi) is 4.34. The zero-order chi connectivity index (χ0) is 14.7. The molecule has 3 atom stereocenters. The highest BCUT2D eigenvalue weighted by molar-refractivity contribution is 5.94. The van der Waals surface area contributed by atoms with Crippen LogP contribution in [-0.2, 0) is 0 Å². The van der Waals surface area contributed by atoms with Gasteiger partial charge >= 0.3 is 0 Å². The SMILES string of the molecule is CC1CCNC(C)C1NC(=O)c1ccc([N+](=O)[O-])cc1. The molecule has 0 radical (unpaired) electrons. The second-order valence-electron chi connectivity index (χ2n) is 5.31. The zero-order valence-corrected chi connectivity index (χ0v) is 11.6. The molecule has 2 N–H and O–H groups in total. The molecular weight excluding hydrogens is 258 g/mol. The Morgan fingerprint density at radius 2 is 2.00 bits per heavy atom. The fourth-order valence-corrected chi connectivity index (χ4v) is 2.57. The first kappa shape index (κ1) is 14.5. The Hall–Kier alpha value is -1.95. The van der Waals surface area contributed by atoms with E-state index in [2.05, 4.69) is 24.5 Å². The Balaban J connectivity index is 2.05. The molecule has 1 fully saturated rings. The molecule has 1 heterocycles. The molecule has 0 spiro atoms. The standard InChI is InChI=1S/C14H19N3O3/c1-9-7-8-15-10(2)13(9)16-14(18)11-3-5-12(6-4-11)17(19)20/h3-6,9-10,13,15H,7-8H2,1-2H3,(H,16,18). The van der Waals surface area contributed by atoms with Gasteiger partial charge in [0, 0.05) is 29.8 Å². The molecule has 6 nitrogen and oxygen atoms in total. The molecule has 1 aromatic rings. The largest absolute Gasteiger partial charge is 0.347 e. The monoisotopic (exact) mass is 277 g/mol. The van der Waals surface area contributed by atoms with Gasteiger partial charge in [0.2, 0.25) is 0 Å². The number of hydrogen-bond acceptors (Lipinski definition) is 4. The fraction of sp³-hybridized carbons (Fsp3) is 0.500. The Labute approximate surface area is 117 Å². The van der Waals surface area contributed by atoms with E-state index < -0.39 is 4.92 Å². The average Bonchev–Trinajstić information content (AvgIpc) is 2.43. The van der Waals surface area contributed by atoms with Gasteiger partial charge in [0.15, 0.2) is 0 Å². The van der Waals surface area contributed by atoms with E-state index >= 15 is 0 Å². The Bertz CT molecular complexity index is 491. The van der Waals surface area contributed by atoms with Crippen molar-refractivity contribution in [2.45, 2.75) is 32.4 Å². The maximum atomic E-state index is 12.2. The first-order valence-corrected chi connectivity index (χ1v) is 6.77. The molecule has 1 aliphatic heterocycles. The van der Waals surface area contributed by atoms with Crippen LogP contribution < -0.4 is 10.6 Å². The predicted octanol–water partition coefficient (Wildman–Crippen LogP) is 1.71. The second-order valence-corrected chi connectivity index (χ2v) is 5.31. The Morgan fingerprint density at radius 3 is 2.55 bits per heavy atom. The van der Waals surface area contributed by atoms with Crippen LogP contribution in [0.2, 0.25) is 0 Å². The van der Waals surface area contributed by atoms with Gasteiger partial charge in [-0.2, -0.15) is 0 Å². The maximum absolute atomic E-state index is 12.2. The van der Waals surface area contributed by atoms with E-state index in [1.807, 2.05) is 0 Å². The maximum Gasteiger partial charge on any atom is 0.269 e. The lowest BCUT2D eigenvalue weighted by molar-refractivity contribution is -0.384. The number of nitrogens with one attached hydrogen (secondary N) is 2. The van der Waals surface area contributed by atoms with Crippen LogP contribution in [0.4, 0.5) is 5.69 Å². The molecule has 6 heteroatoms. The van der Waals surface area contributed by atoms with E-state index in [0.717, 1.165) is 13.0 Å². The van der Waals surface area contributed by atoms with E-state index in [0.29, 0.717) is 11.5 Å². The molecule has 1 saturated heterocycles. The molecule has 1 aromatic carbocycles. The van der Waals surface area contributed by atoms with Crippen molar-refractivity contribution in [1.82, 2.24) is 10.6 Å². The number of amides is 1. The van der Waals surface area contributed by atoms with Gasteiger partial charge in [-0.15, -0.1) is 0 Å². The van der Waals surface area contributed by atoms with Crippen LogP contribution in [-0.4, -0.2) is 29.5 Å².